The first kappa shape index (κ1) is 25.1. The Morgan fingerprint density at radius 1 is 1.05 bits per heavy atom. The molecule has 0 saturated carbocycles. The predicted octanol–water partition coefficient (Wildman–Crippen LogP) is 7.28. The molecular formula is C28H22ClN3O3S2. The minimum absolute atomic E-state index is 0.120. The molecule has 1 fully saturated rings. The van der Waals surface area contributed by atoms with E-state index in [0.717, 1.165) is 22.4 Å². The van der Waals surface area contributed by atoms with Crippen molar-refractivity contribution in [2.75, 3.05) is 14.2 Å². The second-order valence-corrected chi connectivity index (χ2v) is 10.4. The lowest BCUT2D eigenvalue weighted by Crippen LogP contribution is -2.23. The molecule has 0 bridgehead atoms. The van der Waals surface area contributed by atoms with Crippen molar-refractivity contribution in [2.45, 2.75) is 6.61 Å². The Labute approximate surface area is 228 Å². The Bertz CT molecular complexity index is 1480. The van der Waals surface area contributed by atoms with Crippen LogP contribution in [-0.4, -0.2) is 35.1 Å². The molecule has 186 valence electrons. The lowest BCUT2D eigenvalue weighted by Gasteiger charge is -2.11. The van der Waals surface area contributed by atoms with Gasteiger partial charge in [0.25, 0.3) is 5.91 Å². The summed E-state index contributed by atoms with van der Waals surface area (Å²) in [6.07, 6.45) is 1.83. The van der Waals surface area contributed by atoms with Crippen LogP contribution in [0.1, 0.15) is 11.1 Å². The van der Waals surface area contributed by atoms with Crippen LogP contribution in [0.25, 0.3) is 17.3 Å². The van der Waals surface area contributed by atoms with Gasteiger partial charge in [-0.1, -0.05) is 60.1 Å². The third-order valence-electron chi connectivity index (χ3n) is 5.55. The zero-order chi connectivity index (χ0) is 25.8. The molecule has 4 aromatic rings. The van der Waals surface area contributed by atoms with Crippen LogP contribution in [0.3, 0.4) is 0 Å². The standard InChI is InChI=1S/C28H22ClN3O3S2/c1-32-26(33)25(37-28(32)31-27-30-22(17-36-27)20-6-4-3-5-7-20)15-19-10-13-23(24(14-19)34-2)35-16-18-8-11-21(29)12-9-18/h3-15,17H,16H2,1-2H3/b25-15-,31-28+. The van der Waals surface area contributed by atoms with Crippen LogP contribution in [0.5, 0.6) is 11.5 Å². The Kier molecular flexibility index (Phi) is 7.60. The Hall–Kier alpha value is -3.59. The molecule has 1 saturated heterocycles. The molecule has 1 aliphatic heterocycles. The molecule has 1 aromatic heterocycles. The van der Waals surface area contributed by atoms with Crippen molar-refractivity contribution in [3.05, 3.63) is 99.2 Å². The fraction of sp³-hybridized carbons (Fsp3) is 0.107. The van der Waals surface area contributed by atoms with E-state index in [1.54, 1.807) is 19.1 Å². The minimum atomic E-state index is -0.120. The number of halogens is 1. The fourth-order valence-corrected chi connectivity index (χ4v) is 5.42. The quantitative estimate of drug-likeness (QED) is 0.227. The van der Waals surface area contributed by atoms with Crippen molar-refractivity contribution in [1.29, 1.82) is 0 Å². The average Bonchev–Trinajstić information content (AvgIpc) is 3.50. The van der Waals surface area contributed by atoms with Crippen molar-refractivity contribution in [1.82, 2.24) is 9.88 Å². The highest BCUT2D eigenvalue weighted by atomic mass is 35.5. The highest BCUT2D eigenvalue weighted by Crippen LogP contribution is 2.36. The topological polar surface area (TPSA) is 64.0 Å². The van der Waals surface area contributed by atoms with Crippen LogP contribution in [0.15, 0.2) is 88.1 Å². The zero-order valence-electron chi connectivity index (χ0n) is 20.1. The summed E-state index contributed by atoms with van der Waals surface area (Å²) in [6.45, 7) is 0.385. The number of aliphatic imine (C=N–C) groups is 1. The third-order valence-corrected chi connectivity index (χ3v) is 7.60. The van der Waals surface area contributed by atoms with E-state index in [1.165, 1.54) is 23.1 Å². The first-order chi connectivity index (χ1) is 18.0. The SMILES string of the molecule is COc1cc(/C=C2\S/C(=N/c3nc(-c4ccccc4)cs3)N(C)C2=O)ccc1OCc1ccc(Cl)cc1. The van der Waals surface area contributed by atoms with Gasteiger partial charge in [0.15, 0.2) is 16.7 Å². The molecule has 1 aliphatic rings. The van der Waals surface area contributed by atoms with Gasteiger partial charge in [0, 0.05) is 23.0 Å². The summed E-state index contributed by atoms with van der Waals surface area (Å²) in [5, 5.41) is 3.84. The van der Waals surface area contributed by atoms with Gasteiger partial charge in [-0.05, 0) is 53.2 Å². The van der Waals surface area contributed by atoms with E-state index in [-0.39, 0.29) is 5.91 Å². The smallest absolute Gasteiger partial charge is 0.266 e. The van der Waals surface area contributed by atoms with Crippen molar-refractivity contribution >= 4 is 57.0 Å². The largest absolute Gasteiger partial charge is 0.493 e. The van der Waals surface area contributed by atoms with Gasteiger partial charge in [-0.3, -0.25) is 9.69 Å². The molecule has 6 nitrogen and oxygen atoms in total. The van der Waals surface area contributed by atoms with E-state index in [1.807, 2.05) is 84.3 Å². The van der Waals surface area contributed by atoms with Crippen LogP contribution >= 0.6 is 34.7 Å². The first-order valence-corrected chi connectivity index (χ1v) is 13.4. The lowest BCUT2D eigenvalue weighted by atomic mass is 10.2. The van der Waals surface area contributed by atoms with Crippen LogP contribution in [-0.2, 0) is 11.4 Å². The maximum atomic E-state index is 12.9. The number of amidine groups is 1. The van der Waals surface area contributed by atoms with Crippen LogP contribution in [0.4, 0.5) is 5.13 Å². The van der Waals surface area contributed by atoms with E-state index in [0.29, 0.717) is 38.3 Å². The highest BCUT2D eigenvalue weighted by Gasteiger charge is 2.30. The summed E-state index contributed by atoms with van der Waals surface area (Å²) in [7, 11) is 3.31. The van der Waals surface area contributed by atoms with Crippen molar-refractivity contribution in [3.63, 3.8) is 0 Å². The summed E-state index contributed by atoms with van der Waals surface area (Å²) in [4.78, 5) is 24.3. The number of methoxy groups -OCH3 is 1. The first-order valence-electron chi connectivity index (χ1n) is 11.3. The molecule has 0 unspecified atom stereocenters. The third kappa shape index (κ3) is 5.88. The van der Waals surface area contributed by atoms with Gasteiger partial charge < -0.3 is 9.47 Å². The molecule has 1 amide bonds. The fourth-order valence-electron chi connectivity index (χ4n) is 3.58. The number of hydrogen-bond acceptors (Lipinski definition) is 7. The maximum absolute atomic E-state index is 12.9. The van der Waals surface area contributed by atoms with Crippen LogP contribution in [0.2, 0.25) is 5.02 Å². The summed E-state index contributed by atoms with van der Waals surface area (Å²) in [6, 6.07) is 23.0. The Balaban J connectivity index is 1.31. The number of carbonyl (C=O) groups excluding carboxylic acids is 1. The minimum Gasteiger partial charge on any atom is -0.493 e. The van der Waals surface area contributed by atoms with E-state index in [2.05, 4.69) is 9.98 Å². The molecule has 5 rings (SSSR count). The van der Waals surface area contributed by atoms with E-state index in [4.69, 9.17) is 21.1 Å². The number of thiazole rings is 1. The van der Waals surface area contributed by atoms with Crippen LogP contribution < -0.4 is 9.47 Å². The van der Waals surface area contributed by atoms with Crippen LogP contribution in [0, 0.1) is 0 Å². The number of hydrogen-bond donors (Lipinski definition) is 0. The molecule has 2 heterocycles. The number of thioether (sulfide) groups is 1. The number of rotatable bonds is 7. The Morgan fingerprint density at radius 3 is 2.59 bits per heavy atom. The summed E-state index contributed by atoms with van der Waals surface area (Å²) < 4.78 is 11.5. The molecule has 0 N–H and O–H groups in total. The summed E-state index contributed by atoms with van der Waals surface area (Å²) in [5.74, 6) is 1.07. The second kappa shape index (κ2) is 11.2. The maximum Gasteiger partial charge on any atom is 0.266 e. The number of aromatic nitrogens is 1. The number of benzene rings is 3. The van der Waals surface area contributed by atoms with Crippen molar-refractivity contribution in [3.8, 4) is 22.8 Å². The summed E-state index contributed by atoms with van der Waals surface area (Å²) in [5.41, 5.74) is 3.71. The Morgan fingerprint density at radius 2 is 1.84 bits per heavy atom. The second-order valence-electron chi connectivity index (χ2n) is 8.08. The normalized spacial score (nSPS) is 15.5. The molecule has 37 heavy (non-hydrogen) atoms. The number of carbonyl (C=O) groups is 1. The van der Waals surface area contributed by atoms with Gasteiger partial charge in [0.05, 0.1) is 17.7 Å². The molecule has 9 heteroatoms. The van der Waals surface area contributed by atoms with E-state index >= 15 is 0 Å². The van der Waals surface area contributed by atoms with Gasteiger partial charge in [-0.25, -0.2) is 4.98 Å². The van der Waals surface area contributed by atoms with Gasteiger partial charge in [-0.15, -0.1) is 11.3 Å². The number of nitrogens with zero attached hydrogens (tertiary/aromatic N) is 3. The van der Waals surface area contributed by atoms with Gasteiger partial charge >= 0.3 is 0 Å². The number of amides is 1. The molecule has 3 aromatic carbocycles. The summed E-state index contributed by atoms with van der Waals surface area (Å²) >= 11 is 8.71. The molecule has 0 aliphatic carbocycles. The van der Waals surface area contributed by atoms with Gasteiger partial charge in [0.2, 0.25) is 5.13 Å². The predicted molar refractivity (Wildman–Crippen MR) is 152 cm³/mol. The highest BCUT2D eigenvalue weighted by molar-refractivity contribution is 8.18. The van der Waals surface area contributed by atoms with Crippen molar-refractivity contribution < 1.29 is 14.3 Å². The number of likely N-dealkylation sites (N-methyl/N-ethyl adjacent to an activating group) is 1. The van der Waals surface area contributed by atoms with Gasteiger partial charge in [-0.2, -0.15) is 4.99 Å². The van der Waals surface area contributed by atoms with E-state index < -0.39 is 0 Å². The van der Waals surface area contributed by atoms with Crippen molar-refractivity contribution in [2.24, 2.45) is 4.99 Å². The zero-order valence-corrected chi connectivity index (χ0v) is 22.4. The molecule has 0 radical (unpaired) electrons. The van der Waals surface area contributed by atoms with Gasteiger partial charge in [0.1, 0.15) is 6.61 Å². The average molecular weight is 548 g/mol. The molecule has 0 spiro atoms. The molecule has 0 atom stereocenters. The number of ether oxygens (including phenoxy) is 2. The monoisotopic (exact) mass is 547 g/mol. The van der Waals surface area contributed by atoms with E-state index in [9.17, 15) is 4.79 Å². The lowest BCUT2D eigenvalue weighted by molar-refractivity contribution is -0.121. The molecular weight excluding hydrogens is 526 g/mol.